The molecule has 1 nitrogen and oxygen atoms in total. The molecule has 1 N–H and O–H groups in total. The lowest BCUT2D eigenvalue weighted by Crippen LogP contribution is -2.18. The van der Waals surface area contributed by atoms with Crippen LogP contribution in [0.2, 0.25) is 0 Å². The Bertz CT molecular complexity index is 143. The summed E-state index contributed by atoms with van der Waals surface area (Å²) in [5.41, 5.74) is -0.953. The first-order valence-electron chi connectivity index (χ1n) is 2.87. The molecule has 0 saturated heterocycles. The second kappa shape index (κ2) is 3.97. The van der Waals surface area contributed by atoms with Gasteiger partial charge in [-0.25, -0.2) is 0 Å². The third-order valence-corrected chi connectivity index (χ3v) is 1.42. The van der Waals surface area contributed by atoms with Gasteiger partial charge in [-0.3, -0.25) is 0 Å². The maximum atomic E-state index is 11.7. The summed E-state index contributed by atoms with van der Waals surface area (Å²) in [6, 6.07) is 0. The molecule has 0 aromatic carbocycles. The zero-order valence-electron chi connectivity index (χ0n) is 5.66. The molecule has 0 heterocycles. The highest BCUT2D eigenvalue weighted by atomic mass is 35.5. The van der Waals surface area contributed by atoms with Crippen molar-refractivity contribution < 1.29 is 18.3 Å². The van der Waals surface area contributed by atoms with Crippen LogP contribution in [0.4, 0.5) is 13.2 Å². The molecule has 0 bridgehead atoms. The van der Waals surface area contributed by atoms with Crippen LogP contribution in [-0.2, 0) is 0 Å². The van der Waals surface area contributed by atoms with E-state index < -0.39 is 24.3 Å². The van der Waals surface area contributed by atoms with Gasteiger partial charge in [-0.05, 0) is 0 Å². The van der Waals surface area contributed by atoms with Crippen molar-refractivity contribution in [1.29, 1.82) is 0 Å². The number of aliphatic hydroxyl groups is 1. The van der Waals surface area contributed by atoms with Crippen molar-refractivity contribution in [2.75, 3.05) is 5.88 Å². The number of rotatable bonds is 3. The minimum atomic E-state index is -4.42. The van der Waals surface area contributed by atoms with Crippen molar-refractivity contribution in [3.05, 3.63) is 12.2 Å². The first-order valence-corrected chi connectivity index (χ1v) is 3.40. The largest absolute Gasteiger partial charge is 0.412 e. The molecule has 5 heteroatoms. The fourth-order valence-corrected chi connectivity index (χ4v) is 0.564. The molecule has 0 aromatic heterocycles. The first-order chi connectivity index (χ1) is 4.88. The summed E-state index contributed by atoms with van der Waals surface area (Å²) in [6.45, 7) is 2.77. The standard InChI is InChI=1S/C6H8ClF3O/c1-4(6(8,9)10)2-5(11)3-7/h5,11H,1-3H2. The Hall–Kier alpha value is -0.220. The number of hydrogen-bond donors (Lipinski definition) is 1. The number of aliphatic hydroxyl groups excluding tert-OH is 1. The van der Waals surface area contributed by atoms with Crippen LogP contribution in [-0.4, -0.2) is 23.3 Å². The fourth-order valence-electron chi connectivity index (χ4n) is 0.455. The molecule has 0 amide bonds. The average Bonchev–Trinajstić information content (AvgIpc) is 1.85. The normalized spacial score (nSPS) is 14.6. The van der Waals surface area contributed by atoms with E-state index in [-0.39, 0.29) is 5.88 Å². The van der Waals surface area contributed by atoms with E-state index in [0.29, 0.717) is 0 Å². The molecule has 0 spiro atoms. The van der Waals surface area contributed by atoms with E-state index in [1.807, 2.05) is 0 Å². The van der Waals surface area contributed by atoms with E-state index in [2.05, 4.69) is 6.58 Å². The second-order valence-corrected chi connectivity index (χ2v) is 2.42. The SMILES string of the molecule is C=C(CC(O)CCl)C(F)(F)F. The Balaban J connectivity index is 3.88. The fraction of sp³-hybridized carbons (Fsp3) is 0.667. The van der Waals surface area contributed by atoms with Crippen molar-refractivity contribution >= 4 is 11.6 Å². The van der Waals surface area contributed by atoms with Crippen LogP contribution in [0.15, 0.2) is 12.2 Å². The topological polar surface area (TPSA) is 20.2 Å². The molecular weight excluding hydrogens is 181 g/mol. The van der Waals surface area contributed by atoms with E-state index in [1.54, 1.807) is 0 Å². The molecule has 0 aromatic rings. The maximum Gasteiger partial charge on any atom is 0.412 e. The highest BCUT2D eigenvalue weighted by Crippen LogP contribution is 2.27. The van der Waals surface area contributed by atoms with Gasteiger partial charge >= 0.3 is 6.18 Å². The molecule has 0 aliphatic carbocycles. The number of hydrogen-bond acceptors (Lipinski definition) is 1. The van der Waals surface area contributed by atoms with E-state index in [1.165, 1.54) is 0 Å². The molecule has 0 fully saturated rings. The lowest BCUT2D eigenvalue weighted by molar-refractivity contribution is -0.0961. The first kappa shape index (κ1) is 10.8. The Morgan fingerprint density at radius 2 is 2.00 bits per heavy atom. The molecule has 1 unspecified atom stereocenters. The molecule has 66 valence electrons. The number of alkyl halides is 4. The van der Waals surface area contributed by atoms with E-state index in [0.717, 1.165) is 0 Å². The Kier molecular flexibility index (Phi) is 3.89. The van der Waals surface area contributed by atoms with Gasteiger partial charge in [0.25, 0.3) is 0 Å². The number of halogens is 4. The van der Waals surface area contributed by atoms with Crippen molar-refractivity contribution in [2.45, 2.75) is 18.7 Å². The van der Waals surface area contributed by atoms with Crippen LogP contribution in [0, 0.1) is 0 Å². The van der Waals surface area contributed by atoms with Crippen LogP contribution >= 0.6 is 11.6 Å². The minimum absolute atomic E-state index is 0.213. The minimum Gasteiger partial charge on any atom is -0.392 e. The third kappa shape index (κ3) is 4.27. The summed E-state index contributed by atoms with van der Waals surface area (Å²) in [5, 5.41) is 8.70. The molecule has 11 heavy (non-hydrogen) atoms. The summed E-state index contributed by atoms with van der Waals surface area (Å²) in [7, 11) is 0. The molecule has 0 rings (SSSR count). The summed E-state index contributed by atoms with van der Waals surface area (Å²) >= 11 is 5.09. The summed E-state index contributed by atoms with van der Waals surface area (Å²) in [5.74, 6) is -0.213. The van der Waals surface area contributed by atoms with Crippen LogP contribution in [0.3, 0.4) is 0 Å². The molecule has 1 atom stereocenters. The van der Waals surface area contributed by atoms with Gasteiger partial charge in [0.2, 0.25) is 0 Å². The van der Waals surface area contributed by atoms with E-state index in [9.17, 15) is 13.2 Å². The molecule has 0 saturated carbocycles. The third-order valence-electron chi connectivity index (χ3n) is 1.06. The van der Waals surface area contributed by atoms with Gasteiger partial charge in [-0.1, -0.05) is 6.58 Å². The van der Waals surface area contributed by atoms with Gasteiger partial charge in [-0.2, -0.15) is 13.2 Å². The average molecular weight is 189 g/mol. The predicted octanol–water partition coefficient (Wildman–Crippen LogP) is 2.09. The molecule has 0 aliphatic rings. The zero-order chi connectivity index (χ0) is 9.07. The van der Waals surface area contributed by atoms with Crippen LogP contribution in [0.5, 0.6) is 0 Å². The van der Waals surface area contributed by atoms with Gasteiger partial charge in [0.1, 0.15) is 0 Å². The summed E-state index contributed by atoms with van der Waals surface area (Å²) in [4.78, 5) is 0. The predicted molar refractivity (Wildman–Crippen MR) is 36.5 cm³/mol. The highest BCUT2D eigenvalue weighted by molar-refractivity contribution is 6.18. The van der Waals surface area contributed by atoms with Gasteiger partial charge in [0.05, 0.1) is 6.10 Å². The Morgan fingerprint density at radius 3 is 2.27 bits per heavy atom. The molecular formula is C6H8ClF3O. The maximum absolute atomic E-state index is 11.7. The Labute approximate surface area is 67.5 Å². The smallest absolute Gasteiger partial charge is 0.392 e. The Morgan fingerprint density at radius 1 is 1.55 bits per heavy atom. The van der Waals surface area contributed by atoms with Crippen molar-refractivity contribution in [3.63, 3.8) is 0 Å². The van der Waals surface area contributed by atoms with E-state index >= 15 is 0 Å². The monoisotopic (exact) mass is 188 g/mol. The van der Waals surface area contributed by atoms with Crippen LogP contribution in [0.25, 0.3) is 0 Å². The quantitative estimate of drug-likeness (QED) is 0.531. The lowest BCUT2D eigenvalue weighted by atomic mass is 10.1. The molecule has 0 radical (unpaired) electrons. The van der Waals surface area contributed by atoms with Crippen molar-refractivity contribution in [2.24, 2.45) is 0 Å². The van der Waals surface area contributed by atoms with Crippen LogP contribution in [0.1, 0.15) is 6.42 Å². The van der Waals surface area contributed by atoms with Gasteiger partial charge < -0.3 is 5.11 Å². The second-order valence-electron chi connectivity index (χ2n) is 2.11. The van der Waals surface area contributed by atoms with Gasteiger partial charge in [0, 0.05) is 17.9 Å². The highest BCUT2D eigenvalue weighted by Gasteiger charge is 2.32. The molecule has 0 aliphatic heterocycles. The zero-order valence-corrected chi connectivity index (χ0v) is 6.41. The lowest BCUT2D eigenvalue weighted by Gasteiger charge is -2.12. The summed E-state index contributed by atoms with van der Waals surface area (Å²) < 4.78 is 35.1. The van der Waals surface area contributed by atoms with Gasteiger partial charge in [0.15, 0.2) is 0 Å². The van der Waals surface area contributed by atoms with E-state index in [4.69, 9.17) is 16.7 Å². The van der Waals surface area contributed by atoms with Crippen molar-refractivity contribution in [3.8, 4) is 0 Å². The van der Waals surface area contributed by atoms with Gasteiger partial charge in [-0.15, -0.1) is 11.6 Å². The summed E-state index contributed by atoms with van der Waals surface area (Å²) in [6.07, 6.45) is -6.11. The van der Waals surface area contributed by atoms with Crippen molar-refractivity contribution in [1.82, 2.24) is 0 Å². The van der Waals surface area contributed by atoms with Crippen LogP contribution < -0.4 is 0 Å².